The van der Waals surface area contributed by atoms with Gasteiger partial charge in [-0.1, -0.05) is 56.0 Å². The first-order valence-electron chi connectivity index (χ1n) is 6.29. The van der Waals surface area contributed by atoms with Crippen molar-refractivity contribution in [3.8, 4) is 0 Å². The van der Waals surface area contributed by atoms with Crippen molar-refractivity contribution < 1.29 is 4.74 Å². The molecule has 0 amide bonds. The predicted molar refractivity (Wildman–Crippen MR) is 75.8 cm³/mol. The van der Waals surface area contributed by atoms with Gasteiger partial charge in [-0.2, -0.15) is 0 Å². The van der Waals surface area contributed by atoms with Crippen molar-refractivity contribution in [3.05, 3.63) is 47.5 Å². The lowest BCUT2D eigenvalue weighted by atomic mass is 10.1. The van der Waals surface area contributed by atoms with Gasteiger partial charge < -0.3 is 4.74 Å². The molecule has 0 N–H and O–H groups in total. The second-order valence-corrected chi connectivity index (χ2v) is 11.2. The molecule has 2 heteroatoms. The smallest absolute Gasteiger partial charge is 0.100 e. The first kappa shape index (κ1) is 12.6. The van der Waals surface area contributed by atoms with E-state index >= 15 is 0 Å². The van der Waals surface area contributed by atoms with E-state index in [9.17, 15) is 0 Å². The molecular formula is C15H22OSi. The Labute approximate surface area is 106 Å². The molecule has 0 spiro atoms. The molecule has 0 saturated heterocycles. The minimum Gasteiger partial charge on any atom is -0.363 e. The van der Waals surface area contributed by atoms with Crippen LogP contribution in [0, 0.1) is 0 Å². The summed E-state index contributed by atoms with van der Waals surface area (Å²) < 4.78 is 6.38. The molecule has 0 aliphatic carbocycles. The van der Waals surface area contributed by atoms with Gasteiger partial charge in [-0.3, -0.25) is 0 Å². The van der Waals surface area contributed by atoms with Gasteiger partial charge in [0.1, 0.15) is 5.22 Å². The molecule has 1 aliphatic heterocycles. The standard InChI is InChI=1S/C15H22OSi/c1-12-11-15(16-13(12)2,17(3,4)5)14-9-7-6-8-10-14/h6-11,13H,1-5H3. The average Bonchev–Trinajstić information content (AvgIpc) is 2.57. The lowest BCUT2D eigenvalue weighted by molar-refractivity contribution is 0.0281. The van der Waals surface area contributed by atoms with Crippen molar-refractivity contribution in [2.45, 2.75) is 44.8 Å². The van der Waals surface area contributed by atoms with Gasteiger partial charge in [0.2, 0.25) is 0 Å². The fourth-order valence-electron chi connectivity index (χ4n) is 2.51. The van der Waals surface area contributed by atoms with Gasteiger partial charge in [0.05, 0.1) is 14.2 Å². The summed E-state index contributed by atoms with van der Waals surface area (Å²) in [6.07, 6.45) is 2.60. The van der Waals surface area contributed by atoms with Gasteiger partial charge in [-0.05, 0) is 25.0 Å². The van der Waals surface area contributed by atoms with Crippen LogP contribution >= 0.6 is 0 Å². The zero-order valence-corrected chi connectivity index (χ0v) is 12.4. The van der Waals surface area contributed by atoms with Gasteiger partial charge in [0, 0.05) is 0 Å². The van der Waals surface area contributed by atoms with Crippen LogP contribution in [-0.2, 0) is 9.96 Å². The molecular weight excluding hydrogens is 224 g/mol. The van der Waals surface area contributed by atoms with Gasteiger partial charge in [0.25, 0.3) is 0 Å². The highest BCUT2D eigenvalue weighted by Crippen LogP contribution is 2.44. The zero-order chi connectivity index (χ0) is 12.7. The van der Waals surface area contributed by atoms with Gasteiger partial charge in [-0.25, -0.2) is 0 Å². The third-order valence-electron chi connectivity index (χ3n) is 3.75. The van der Waals surface area contributed by atoms with E-state index < -0.39 is 8.07 Å². The van der Waals surface area contributed by atoms with Gasteiger partial charge >= 0.3 is 0 Å². The molecule has 0 aromatic heterocycles. The van der Waals surface area contributed by atoms with E-state index in [1.54, 1.807) is 0 Å². The molecule has 0 bridgehead atoms. The minimum absolute atomic E-state index is 0.155. The molecule has 0 fully saturated rings. The predicted octanol–water partition coefficient (Wildman–Crippen LogP) is 4.12. The Morgan fingerprint density at radius 1 is 1.12 bits per heavy atom. The maximum absolute atomic E-state index is 6.38. The van der Waals surface area contributed by atoms with Crippen molar-refractivity contribution in [1.29, 1.82) is 0 Å². The molecule has 2 atom stereocenters. The molecule has 1 nitrogen and oxygen atoms in total. The van der Waals surface area contributed by atoms with Crippen LogP contribution in [0.25, 0.3) is 0 Å². The van der Waals surface area contributed by atoms with Crippen LogP contribution < -0.4 is 0 Å². The molecule has 17 heavy (non-hydrogen) atoms. The average molecular weight is 246 g/mol. The van der Waals surface area contributed by atoms with Crippen LogP contribution in [0.3, 0.4) is 0 Å². The van der Waals surface area contributed by atoms with Gasteiger partial charge in [0.15, 0.2) is 0 Å². The Balaban J connectivity index is 2.56. The van der Waals surface area contributed by atoms with E-state index in [1.807, 2.05) is 0 Å². The number of rotatable bonds is 2. The number of hydrogen-bond donors (Lipinski definition) is 0. The molecule has 92 valence electrons. The number of ether oxygens (including phenoxy) is 1. The van der Waals surface area contributed by atoms with Crippen molar-refractivity contribution >= 4 is 8.07 Å². The van der Waals surface area contributed by atoms with E-state index in [-0.39, 0.29) is 11.3 Å². The van der Waals surface area contributed by atoms with Crippen LogP contribution in [-0.4, -0.2) is 14.2 Å². The summed E-state index contributed by atoms with van der Waals surface area (Å²) in [4.78, 5) is 0. The Morgan fingerprint density at radius 2 is 1.71 bits per heavy atom. The SMILES string of the molecule is CC1=CC(c2ccccc2)([Si](C)(C)C)OC1C. The van der Waals surface area contributed by atoms with Crippen LogP contribution in [0.15, 0.2) is 42.0 Å². The maximum atomic E-state index is 6.38. The summed E-state index contributed by atoms with van der Waals surface area (Å²) in [5.74, 6) is 0. The van der Waals surface area contributed by atoms with E-state index in [1.165, 1.54) is 11.1 Å². The van der Waals surface area contributed by atoms with Crippen LogP contribution in [0.5, 0.6) is 0 Å². The molecule has 2 unspecified atom stereocenters. The van der Waals surface area contributed by atoms with E-state index in [0.29, 0.717) is 0 Å². The zero-order valence-electron chi connectivity index (χ0n) is 11.4. The number of hydrogen-bond acceptors (Lipinski definition) is 1. The van der Waals surface area contributed by atoms with E-state index in [0.717, 1.165) is 0 Å². The second kappa shape index (κ2) is 4.11. The van der Waals surface area contributed by atoms with Crippen LogP contribution in [0.1, 0.15) is 19.4 Å². The third-order valence-corrected chi connectivity index (χ3v) is 6.53. The topological polar surface area (TPSA) is 9.23 Å². The maximum Gasteiger partial charge on any atom is 0.100 e. The van der Waals surface area contributed by atoms with Crippen LogP contribution in [0.4, 0.5) is 0 Å². The molecule has 1 aromatic rings. The third kappa shape index (κ3) is 2.00. The molecule has 1 aliphatic rings. The molecule has 0 saturated carbocycles. The van der Waals surface area contributed by atoms with E-state index in [4.69, 9.17) is 4.74 Å². The lowest BCUT2D eigenvalue weighted by Crippen LogP contribution is -2.49. The highest BCUT2D eigenvalue weighted by Gasteiger charge is 2.48. The summed E-state index contributed by atoms with van der Waals surface area (Å²) in [6.45, 7) is 11.5. The van der Waals surface area contributed by atoms with Gasteiger partial charge in [-0.15, -0.1) is 0 Å². The summed E-state index contributed by atoms with van der Waals surface area (Å²) >= 11 is 0. The summed E-state index contributed by atoms with van der Waals surface area (Å²) in [5.41, 5.74) is 2.67. The van der Waals surface area contributed by atoms with Crippen molar-refractivity contribution in [3.63, 3.8) is 0 Å². The highest BCUT2D eigenvalue weighted by atomic mass is 28.3. The second-order valence-electron chi connectivity index (χ2n) is 6.00. The Morgan fingerprint density at radius 3 is 2.12 bits per heavy atom. The quantitative estimate of drug-likeness (QED) is 0.563. The Bertz CT molecular complexity index is 430. The fraction of sp³-hybridized carbons (Fsp3) is 0.467. The summed E-state index contributed by atoms with van der Waals surface area (Å²) in [6, 6.07) is 10.7. The first-order chi connectivity index (χ1) is 7.87. The Kier molecular flexibility index (Phi) is 3.04. The largest absolute Gasteiger partial charge is 0.363 e. The minimum atomic E-state index is -1.50. The monoisotopic (exact) mass is 246 g/mol. The summed E-state index contributed by atoms with van der Waals surface area (Å²) in [5, 5.41) is -0.155. The normalized spacial score (nSPS) is 29.2. The molecule has 1 heterocycles. The number of benzene rings is 1. The first-order valence-corrected chi connectivity index (χ1v) is 9.79. The van der Waals surface area contributed by atoms with Crippen molar-refractivity contribution in [1.82, 2.24) is 0 Å². The van der Waals surface area contributed by atoms with Crippen LogP contribution in [0.2, 0.25) is 19.6 Å². The summed E-state index contributed by atoms with van der Waals surface area (Å²) in [7, 11) is -1.50. The highest BCUT2D eigenvalue weighted by molar-refractivity contribution is 6.79. The molecule has 0 radical (unpaired) electrons. The molecule has 2 rings (SSSR count). The van der Waals surface area contributed by atoms with E-state index in [2.05, 4.69) is 69.9 Å². The van der Waals surface area contributed by atoms with Crippen molar-refractivity contribution in [2.75, 3.05) is 0 Å². The van der Waals surface area contributed by atoms with Crippen molar-refractivity contribution in [2.24, 2.45) is 0 Å². The fourth-order valence-corrected chi connectivity index (χ4v) is 4.73. The molecule has 1 aromatic carbocycles. The Hall–Kier alpha value is -0.863. The lowest BCUT2D eigenvalue weighted by Gasteiger charge is -2.39.